The van der Waals surface area contributed by atoms with Crippen LogP contribution in [-0.4, -0.2) is 13.0 Å². The van der Waals surface area contributed by atoms with Crippen LogP contribution in [0.2, 0.25) is 0 Å². The van der Waals surface area contributed by atoms with Crippen LogP contribution >= 0.6 is 47.8 Å². The molecule has 0 radical (unpaired) electrons. The fourth-order valence-corrected chi connectivity index (χ4v) is 4.18. The average Bonchev–Trinajstić information content (AvgIpc) is 2.42. The Morgan fingerprint density at radius 1 is 1.14 bits per heavy atom. The molecule has 0 aromatic heterocycles. The van der Waals surface area contributed by atoms with Crippen molar-refractivity contribution >= 4 is 65.1 Å². The first kappa shape index (κ1) is 16.3. The molecule has 1 amide bonds. The third kappa shape index (κ3) is 3.78. The van der Waals surface area contributed by atoms with E-state index in [0.29, 0.717) is 22.7 Å². The molecule has 0 saturated heterocycles. The smallest absolute Gasteiger partial charge is 0.255 e. The van der Waals surface area contributed by atoms with Crippen molar-refractivity contribution in [1.29, 1.82) is 0 Å². The van der Waals surface area contributed by atoms with Gasteiger partial charge in [0.15, 0.2) is 0 Å². The molecule has 0 fully saturated rings. The van der Waals surface area contributed by atoms with Crippen LogP contribution in [0.1, 0.15) is 10.4 Å². The fraction of sp³-hybridized carbons (Fsp3) is 0.0714. The summed E-state index contributed by atoms with van der Waals surface area (Å²) < 4.78 is 7.49. The number of carbonyl (C=O) groups excluding carboxylic acids is 1. The Labute approximate surface area is 147 Å². The van der Waals surface area contributed by atoms with Gasteiger partial charge in [-0.2, -0.15) is 0 Å². The number of benzene rings is 2. The molecular formula is C14H11Br3N2O2. The first-order valence-corrected chi connectivity index (χ1v) is 8.19. The zero-order valence-electron chi connectivity index (χ0n) is 10.9. The van der Waals surface area contributed by atoms with Crippen molar-refractivity contribution in [2.24, 2.45) is 0 Å². The van der Waals surface area contributed by atoms with Gasteiger partial charge in [-0.1, -0.05) is 15.9 Å². The molecule has 110 valence electrons. The largest absolute Gasteiger partial charge is 0.495 e. The summed E-state index contributed by atoms with van der Waals surface area (Å²) in [6, 6.07) is 8.60. The Hall–Kier alpha value is -1.05. The number of rotatable bonds is 3. The van der Waals surface area contributed by atoms with Crippen molar-refractivity contribution in [1.82, 2.24) is 0 Å². The summed E-state index contributed by atoms with van der Waals surface area (Å²) in [5.74, 6) is 0.283. The second kappa shape index (κ2) is 6.81. The van der Waals surface area contributed by atoms with E-state index in [9.17, 15) is 4.79 Å². The van der Waals surface area contributed by atoms with Crippen molar-refractivity contribution in [3.63, 3.8) is 0 Å². The molecule has 0 bridgehead atoms. The Kier molecular flexibility index (Phi) is 5.29. The maximum Gasteiger partial charge on any atom is 0.255 e. The highest BCUT2D eigenvalue weighted by Gasteiger charge is 2.13. The van der Waals surface area contributed by atoms with Gasteiger partial charge in [0.25, 0.3) is 5.91 Å². The van der Waals surface area contributed by atoms with Crippen LogP contribution in [0.15, 0.2) is 43.7 Å². The minimum absolute atomic E-state index is 0.256. The number of ether oxygens (including phenoxy) is 1. The Morgan fingerprint density at radius 3 is 2.29 bits per heavy atom. The normalized spacial score (nSPS) is 10.3. The predicted molar refractivity (Wildman–Crippen MR) is 94.9 cm³/mol. The lowest BCUT2D eigenvalue weighted by Gasteiger charge is -2.11. The summed E-state index contributed by atoms with van der Waals surface area (Å²) in [5, 5.41) is 2.84. The number of nitrogens with one attached hydrogen (secondary N) is 1. The molecule has 7 heteroatoms. The second-order valence-electron chi connectivity index (χ2n) is 4.16. The summed E-state index contributed by atoms with van der Waals surface area (Å²) in [6.07, 6.45) is 0. The van der Waals surface area contributed by atoms with Gasteiger partial charge in [-0.15, -0.1) is 0 Å². The molecule has 4 nitrogen and oxygen atoms in total. The summed E-state index contributed by atoms with van der Waals surface area (Å²) in [5.41, 5.74) is 7.33. The van der Waals surface area contributed by atoms with Crippen molar-refractivity contribution in [2.45, 2.75) is 0 Å². The van der Waals surface area contributed by atoms with Gasteiger partial charge in [-0.05, 0) is 62.2 Å². The number of hydrogen-bond donors (Lipinski definition) is 2. The van der Waals surface area contributed by atoms with Crippen molar-refractivity contribution in [3.05, 3.63) is 49.3 Å². The molecule has 0 saturated carbocycles. The molecule has 3 N–H and O–H groups in total. The van der Waals surface area contributed by atoms with E-state index in [0.717, 1.165) is 13.4 Å². The number of nitrogens with two attached hydrogens (primary N) is 1. The lowest BCUT2D eigenvalue weighted by atomic mass is 10.1. The lowest BCUT2D eigenvalue weighted by Crippen LogP contribution is -2.13. The van der Waals surface area contributed by atoms with E-state index in [1.165, 1.54) is 7.11 Å². The molecule has 0 aliphatic heterocycles. The van der Waals surface area contributed by atoms with Gasteiger partial charge in [0, 0.05) is 19.0 Å². The fourth-order valence-electron chi connectivity index (χ4n) is 1.72. The molecule has 0 heterocycles. The average molecular weight is 479 g/mol. The molecule has 0 aliphatic carbocycles. The van der Waals surface area contributed by atoms with E-state index in [4.69, 9.17) is 10.5 Å². The minimum Gasteiger partial charge on any atom is -0.495 e. The first-order valence-electron chi connectivity index (χ1n) is 5.81. The number of halogens is 3. The van der Waals surface area contributed by atoms with E-state index in [1.54, 1.807) is 18.2 Å². The Bertz CT molecular complexity index is 682. The number of methoxy groups -OCH3 is 1. The number of hydrogen-bond acceptors (Lipinski definition) is 3. The number of amides is 1. The maximum atomic E-state index is 12.3. The molecular weight excluding hydrogens is 468 g/mol. The first-order chi connectivity index (χ1) is 9.92. The summed E-state index contributed by atoms with van der Waals surface area (Å²) in [7, 11) is 1.53. The molecule has 2 aromatic rings. The van der Waals surface area contributed by atoms with Gasteiger partial charge in [0.1, 0.15) is 5.75 Å². The second-order valence-corrected chi connectivity index (χ2v) is 6.78. The summed E-state index contributed by atoms with van der Waals surface area (Å²) in [4.78, 5) is 12.3. The van der Waals surface area contributed by atoms with Crippen LogP contribution < -0.4 is 15.8 Å². The zero-order chi connectivity index (χ0) is 15.6. The van der Waals surface area contributed by atoms with Crippen LogP contribution in [-0.2, 0) is 0 Å². The molecule has 2 rings (SSSR count). The van der Waals surface area contributed by atoms with E-state index < -0.39 is 0 Å². The van der Waals surface area contributed by atoms with Crippen molar-refractivity contribution in [3.8, 4) is 5.75 Å². The standard InChI is InChI=1S/C14H11Br3N2O2/c1-21-12-3-2-7(4-11(12)18)14(20)19-13-9(16)5-8(15)6-10(13)17/h2-6H,18H2,1H3,(H,19,20). The topological polar surface area (TPSA) is 64.3 Å². The van der Waals surface area contributed by atoms with Crippen molar-refractivity contribution < 1.29 is 9.53 Å². The highest BCUT2D eigenvalue weighted by atomic mass is 79.9. The van der Waals surface area contributed by atoms with E-state index >= 15 is 0 Å². The van der Waals surface area contributed by atoms with Gasteiger partial charge in [0.05, 0.1) is 18.5 Å². The van der Waals surface area contributed by atoms with Gasteiger partial charge < -0.3 is 15.8 Å². The number of carbonyl (C=O) groups is 1. The van der Waals surface area contributed by atoms with Crippen LogP contribution in [0.25, 0.3) is 0 Å². The van der Waals surface area contributed by atoms with Crippen LogP contribution in [0.3, 0.4) is 0 Å². The SMILES string of the molecule is COc1ccc(C(=O)Nc2c(Br)cc(Br)cc2Br)cc1N. The van der Waals surface area contributed by atoms with Gasteiger partial charge in [0.2, 0.25) is 0 Å². The van der Waals surface area contributed by atoms with Crippen LogP contribution in [0.4, 0.5) is 11.4 Å². The summed E-state index contributed by atoms with van der Waals surface area (Å²) in [6.45, 7) is 0. The quantitative estimate of drug-likeness (QED) is 0.622. The Balaban J connectivity index is 2.28. The predicted octanol–water partition coefficient (Wildman–Crippen LogP) is 4.82. The monoisotopic (exact) mass is 476 g/mol. The third-order valence-electron chi connectivity index (χ3n) is 2.74. The Morgan fingerprint density at radius 2 is 1.76 bits per heavy atom. The highest BCUT2D eigenvalue weighted by molar-refractivity contribution is 9.11. The third-order valence-corrected chi connectivity index (χ3v) is 4.45. The maximum absolute atomic E-state index is 12.3. The molecule has 0 aliphatic rings. The molecule has 0 spiro atoms. The molecule has 21 heavy (non-hydrogen) atoms. The van der Waals surface area contributed by atoms with Gasteiger partial charge in [-0.25, -0.2) is 0 Å². The number of nitrogen functional groups attached to an aromatic ring is 1. The zero-order valence-corrected chi connectivity index (χ0v) is 15.7. The summed E-state index contributed by atoms with van der Waals surface area (Å²) >= 11 is 10.2. The lowest BCUT2D eigenvalue weighted by molar-refractivity contribution is 0.102. The molecule has 0 atom stereocenters. The molecule has 0 unspecified atom stereocenters. The van der Waals surface area contributed by atoms with Gasteiger partial charge in [-0.3, -0.25) is 4.79 Å². The van der Waals surface area contributed by atoms with E-state index in [2.05, 4.69) is 53.1 Å². The minimum atomic E-state index is -0.256. The van der Waals surface area contributed by atoms with Gasteiger partial charge >= 0.3 is 0 Å². The van der Waals surface area contributed by atoms with Crippen LogP contribution in [0.5, 0.6) is 5.75 Å². The van der Waals surface area contributed by atoms with Crippen LogP contribution in [0, 0.1) is 0 Å². The van der Waals surface area contributed by atoms with E-state index in [1.807, 2.05) is 12.1 Å². The van der Waals surface area contributed by atoms with E-state index in [-0.39, 0.29) is 5.91 Å². The highest BCUT2D eigenvalue weighted by Crippen LogP contribution is 2.34. The van der Waals surface area contributed by atoms with Crippen molar-refractivity contribution in [2.75, 3.05) is 18.2 Å². The molecule has 2 aromatic carbocycles. The number of anilines is 2.